The molecule has 10 heteroatoms. The quantitative estimate of drug-likeness (QED) is 0.296. The third-order valence-corrected chi connectivity index (χ3v) is 7.03. The number of H-pyrrole nitrogens is 1. The molecule has 0 spiro atoms. The first-order valence-electron chi connectivity index (χ1n) is 9.72. The van der Waals surface area contributed by atoms with E-state index < -0.39 is 9.84 Å². The van der Waals surface area contributed by atoms with Crippen molar-refractivity contribution in [2.24, 2.45) is 0 Å². The normalized spacial score (nSPS) is 11.8. The number of aromatic amines is 1. The van der Waals surface area contributed by atoms with Gasteiger partial charge in [0.25, 0.3) is 0 Å². The van der Waals surface area contributed by atoms with Crippen molar-refractivity contribution in [1.82, 2.24) is 19.1 Å². The molecule has 2 aromatic heterocycles. The van der Waals surface area contributed by atoms with Gasteiger partial charge in [-0.1, -0.05) is 19.1 Å². The zero-order valence-corrected chi connectivity index (χ0v) is 19.6. The predicted octanol–water partition coefficient (Wildman–Crippen LogP) is 3.36. The minimum atomic E-state index is -3.29. The van der Waals surface area contributed by atoms with Gasteiger partial charge in [-0.15, -0.1) is 0 Å². The van der Waals surface area contributed by atoms with E-state index in [0.717, 1.165) is 28.3 Å². The van der Waals surface area contributed by atoms with Gasteiger partial charge in [-0.05, 0) is 68.9 Å². The third kappa shape index (κ3) is 5.78. The zero-order valence-electron chi connectivity index (χ0n) is 18.0. The fraction of sp³-hybridized carbons (Fsp3) is 0.333. The van der Waals surface area contributed by atoms with E-state index in [1.165, 1.54) is 11.9 Å². The van der Waals surface area contributed by atoms with Crippen LogP contribution in [0.2, 0.25) is 0 Å². The van der Waals surface area contributed by atoms with Gasteiger partial charge in [0, 0.05) is 5.69 Å². The first kappa shape index (κ1) is 23.1. The van der Waals surface area contributed by atoms with Gasteiger partial charge in [-0.2, -0.15) is 5.10 Å². The summed E-state index contributed by atoms with van der Waals surface area (Å²) >= 11 is 1.39. The van der Waals surface area contributed by atoms with Gasteiger partial charge in [-0.25, -0.2) is 8.42 Å². The molecule has 2 heterocycles. The molecule has 1 N–H and O–H groups in total. The fourth-order valence-corrected chi connectivity index (χ4v) is 4.31. The number of carbonyl (C=O) groups excluding carboxylic acids is 1. The standard InChI is InChI=1S/C21H26N4O4S2/c1-5-31(27,28)17-8-6-7-16(12-17)18-9-10-19(22-18)20-11-15(2)23-25(20)13-21(26)29-14-30-24(3)4/h6-12,22H,5,13-14H2,1-4H3. The number of sulfone groups is 1. The second kappa shape index (κ2) is 9.71. The molecular formula is C21H26N4O4S2. The van der Waals surface area contributed by atoms with Gasteiger partial charge in [-0.3, -0.25) is 13.8 Å². The molecule has 3 rings (SSSR count). The minimum absolute atomic E-state index is 0.00422. The van der Waals surface area contributed by atoms with Gasteiger partial charge in [0.15, 0.2) is 15.8 Å². The average Bonchev–Trinajstić information content (AvgIpc) is 3.34. The number of hydrogen-bond donors (Lipinski definition) is 1. The van der Waals surface area contributed by atoms with Gasteiger partial charge in [0.1, 0.15) is 6.54 Å². The maximum atomic E-state index is 12.2. The van der Waals surface area contributed by atoms with E-state index in [1.807, 2.05) is 49.6 Å². The van der Waals surface area contributed by atoms with Gasteiger partial charge < -0.3 is 9.72 Å². The Hall–Kier alpha value is -2.56. The van der Waals surface area contributed by atoms with Crippen LogP contribution >= 0.6 is 11.9 Å². The SMILES string of the molecule is CCS(=O)(=O)c1cccc(-c2ccc(-c3cc(C)nn3CC(=O)OCSN(C)C)[nH]2)c1. The fourth-order valence-electron chi connectivity index (χ4n) is 2.98. The monoisotopic (exact) mass is 462 g/mol. The van der Waals surface area contributed by atoms with Crippen LogP contribution in [0.4, 0.5) is 0 Å². The summed E-state index contributed by atoms with van der Waals surface area (Å²) in [6.45, 7) is 3.48. The number of ether oxygens (including phenoxy) is 1. The minimum Gasteiger partial charge on any atom is -0.452 e. The van der Waals surface area contributed by atoms with Crippen LogP contribution < -0.4 is 0 Å². The number of nitrogens with zero attached hydrogens (tertiary/aromatic N) is 3. The number of nitrogens with one attached hydrogen (secondary N) is 1. The molecule has 1 aromatic carbocycles. The van der Waals surface area contributed by atoms with E-state index >= 15 is 0 Å². The highest BCUT2D eigenvalue weighted by Gasteiger charge is 2.16. The summed E-state index contributed by atoms with van der Waals surface area (Å²) in [5.74, 6) is -0.0815. The molecule has 3 aromatic rings. The van der Waals surface area contributed by atoms with Crippen LogP contribution in [0.3, 0.4) is 0 Å². The smallest absolute Gasteiger partial charge is 0.328 e. The zero-order chi connectivity index (χ0) is 22.6. The summed E-state index contributed by atoms with van der Waals surface area (Å²) in [5, 5.41) is 4.41. The molecule has 0 saturated carbocycles. The van der Waals surface area contributed by atoms with Gasteiger partial charge in [0.05, 0.1) is 27.7 Å². The molecule has 8 nitrogen and oxygen atoms in total. The maximum Gasteiger partial charge on any atom is 0.328 e. The first-order valence-corrected chi connectivity index (χ1v) is 12.3. The molecule has 0 aliphatic rings. The Kier molecular flexibility index (Phi) is 7.24. The molecule has 0 radical (unpaired) electrons. The van der Waals surface area contributed by atoms with Crippen LogP contribution in [0.1, 0.15) is 12.6 Å². The van der Waals surface area contributed by atoms with Crippen molar-refractivity contribution in [1.29, 1.82) is 0 Å². The Morgan fingerprint density at radius 1 is 1.19 bits per heavy atom. The summed E-state index contributed by atoms with van der Waals surface area (Å²) in [7, 11) is 0.469. The van der Waals surface area contributed by atoms with Crippen LogP contribution in [-0.2, 0) is 25.9 Å². The van der Waals surface area contributed by atoms with E-state index in [9.17, 15) is 13.2 Å². The van der Waals surface area contributed by atoms with Crippen molar-refractivity contribution in [2.45, 2.75) is 25.3 Å². The number of rotatable bonds is 9. The molecule has 0 saturated heterocycles. The molecule has 0 amide bonds. The highest BCUT2D eigenvalue weighted by molar-refractivity contribution is 7.96. The number of aryl methyl sites for hydroxylation is 1. The summed E-state index contributed by atoms with van der Waals surface area (Å²) in [5.41, 5.74) is 3.84. The molecule has 0 bridgehead atoms. The molecule has 0 aliphatic heterocycles. The number of esters is 1. The Morgan fingerprint density at radius 2 is 1.94 bits per heavy atom. The van der Waals surface area contributed by atoms with Crippen molar-refractivity contribution in [2.75, 3.05) is 25.8 Å². The summed E-state index contributed by atoms with van der Waals surface area (Å²) < 4.78 is 33.1. The summed E-state index contributed by atoms with van der Waals surface area (Å²) in [6.07, 6.45) is 0. The topological polar surface area (TPSA) is 97.3 Å². The Balaban J connectivity index is 1.82. The lowest BCUT2D eigenvalue weighted by Crippen LogP contribution is -2.16. The third-order valence-electron chi connectivity index (χ3n) is 4.56. The number of benzene rings is 1. The van der Waals surface area contributed by atoms with Crippen LogP contribution in [0.15, 0.2) is 47.4 Å². The Bertz CT molecular complexity index is 1170. The van der Waals surface area contributed by atoms with E-state index in [0.29, 0.717) is 4.90 Å². The van der Waals surface area contributed by atoms with Crippen molar-refractivity contribution in [3.05, 3.63) is 48.2 Å². The highest BCUT2D eigenvalue weighted by Crippen LogP contribution is 2.27. The van der Waals surface area contributed by atoms with Crippen molar-refractivity contribution in [3.8, 4) is 22.6 Å². The summed E-state index contributed by atoms with van der Waals surface area (Å²) in [4.78, 5) is 15.8. The van der Waals surface area contributed by atoms with Gasteiger partial charge >= 0.3 is 5.97 Å². The lowest BCUT2D eigenvalue weighted by molar-refractivity contribution is -0.142. The van der Waals surface area contributed by atoms with E-state index in [-0.39, 0.29) is 24.2 Å². The van der Waals surface area contributed by atoms with Gasteiger partial charge in [0.2, 0.25) is 0 Å². The molecule has 31 heavy (non-hydrogen) atoms. The van der Waals surface area contributed by atoms with Crippen LogP contribution in [0.25, 0.3) is 22.6 Å². The van der Waals surface area contributed by atoms with Crippen molar-refractivity contribution < 1.29 is 17.9 Å². The Morgan fingerprint density at radius 3 is 2.65 bits per heavy atom. The second-order valence-corrected chi connectivity index (χ2v) is 10.6. The second-order valence-electron chi connectivity index (χ2n) is 7.12. The average molecular weight is 463 g/mol. The van der Waals surface area contributed by atoms with E-state index in [1.54, 1.807) is 29.8 Å². The number of carbonyl (C=O) groups is 1. The molecule has 0 aliphatic carbocycles. The van der Waals surface area contributed by atoms with Crippen molar-refractivity contribution in [3.63, 3.8) is 0 Å². The van der Waals surface area contributed by atoms with E-state index in [2.05, 4.69) is 10.1 Å². The number of hydrogen-bond acceptors (Lipinski definition) is 7. The summed E-state index contributed by atoms with van der Waals surface area (Å²) in [6, 6.07) is 12.5. The molecular weight excluding hydrogens is 436 g/mol. The van der Waals surface area contributed by atoms with Crippen LogP contribution in [0.5, 0.6) is 0 Å². The van der Waals surface area contributed by atoms with Crippen LogP contribution in [-0.4, -0.2) is 59.2 Å². The Labute approximate surface area is 186 Å². The molecule has 166 valence electrons. The molecule has 0 unspecified atom stereocenters. The number of aromatic nitrogens is 3. The predicted molar refractivity (Wildman–Crippen MR) is 122 cm³/mol. The molecule has 0 atom stereocenters. The lowest BCUT2D eigenvalue weighted by atomic mass is 10.2. The molecule has 0 fully saturated rings. The van der Waals surface area contributed by atoms with Crippen molar-refractivity contribution >= 4 is 27.8 Å². The largest absolute Gasteiger partial charge is 0.452 e. The lowest BCUT2D eigenvalue weighted by Gasteiger charge is -2.10. The first-order chi connectivity index (χ1) is 14.7. The maximum absolute atomic E-state index is 12.2. The van der Waals surface area contributed by atoms with E-state index in [4.69, 9.17) is 4.74 Å². The highest BCUT2D eigenvalue weighted by atomic mass is 32.2. The van der Waals surface area contributed by atoms with Crippen LogP contribution in [0, 0.1) is 6.92 Å².